The van der Waals surface area contributed by atoms with Crippen LogP contribution in [0.15, 0.2) is 24.3 Å². The average molecular weight is 313 g/mol. The smallest absolute Gasteiger partial charge is 0.332 e. The Morgan fingerprint density at radius 2 is 2.14 bits per heavy atom. The Hall–Kier alpha value is -1.79. The highest BCUT2D eigenvalue weighted by molar-refractivity contribution is 6.30. The minimum absolute atomic E-state index is 0.247. The van der Waals surface area contributed by atoms with Crippen molar-refractivity contribution in [2.45, 2.75) is 31.6 Å². The molecule has 6 nitrogen and oxygen atoms in total. The van der Waals surface area contributed by atoms with Gasteiger partial charge >= 0.3 is 12.0 Å². The van der Waals surface area contributed by atoms with Crippen molar-refractivity contribution in [3.8, 4) is 0 Å². The van der Waals surface area contributed by atoms with Gasteiger partial charge in [0.15, 0.2) is 6.10 Å². The zero-order valence-electron chi connectivity index (χ0n) is 11.3. The molecule has 1 aromatic rings. The van der Waals surface area contributed by atoms with Crippen LogP contribution in [0.2, 0.25) is 5.02 Å². The van der Waals surface area contributed by atoms with Crippen molar-refractivity contribution < 1.29 is 19.4 Å². The summed E-state index contributed by atoms with van der Waals surface area (Å²) in [6.45, 7) is 0.667. The first-order valence-electron chi connectivity index (χ1n) is 6.69. The number of carbonyl (C=O) groups excluding carboxylic acids is 1. The lowest BCUT2D eigenvalue weighted by atomic mass is 10.2. The van der Waals surface area contributed by atoms with Crippen LogP contribution >= 0.6 is 11.6 Å². The first kappa shape index (κ1) is 15.6. The van der Waals surface area contributed by atoms with Gasteiger partial charge in [-0.25, -0.2) is 9.59 Å². The van der Waals surface area contributed by atoms with Crippen molar-refractivity contribution in [3.05, 3.63) is 34.9 Å². The van der Waals surface area contributed by atoms with Crippen molar-refractivity contribution in [1.29, 1.82) is 0 Å². The largest absolute Gasteiger partial charge is 0.479 e. The number of ether oxygens (including phenoxy) is 1. The standard InChI is InChI=1S/C14H17ClN2O4/c15-10-3-1-2-9(6-10)7-16-14(20)17-8-11-4-5-12(21-11)13(18)19/h1-3,6,11-12H,4-5,7-8H2,(H,18,19)(H2,16,17,20). The van der Waals surface area contributed by atoms with Crippen LogP contribution in [0.3, 0.4) is 0 Å². The fourth-order valence-electron chi connectivity index (χ4n) is 2.14. The predicted molar refractivity (Wildman–Crippen MR) is 77.2 cm³/mol. The maximum Gasteiger partial charge on any atom is 0.332 e. The molecular formula is C14H17ClN2O4. The van der Waals surface area contributed by atoms with Crippen LogP contribution in [0.25, 0.3) is 0 Å². The molecule has 2 rings (SSSR count). The number of carbonyl (C=O) groups is 2. The number of urea groups is 1. The number of hydrogen-bond donors (Lipinski definition) is 3. The van der Waals surface area contributed by atoms with Crippen LogP contribution < -0.4 is 10.6 Å². The van der Waals surface area contributed by atoms with E-state index in [1.54, 1.807) is 12.1 Å². The summed E-state index contributed by atoms with van der Waals surface area (Å²) < 4.78 is 5.29. The SMILES string of the molecule is O=C(NCc1cccc(Cl)c1)NCC1CCC(C(=O)O)O1. The van der Waals surface area contributed by atoms with E-state index >= 15 is 0 Å². The van der Waals surface area contributed by atoms with E-state index in [1.165, 1.54) is 0 Å². The highest BCUT2D eigenvalue weighted by atomic mass is 35.5. The first-order chi connectivity index (χ1) is 10.0. The summed E-state index contributed by atoms with van der Waals surface area (Å²) >= 11 is 5.85. The van der Waals surface area contributed by atoms with Gasteiger partial charge in [-0.15, -0.1) is 0 Å². The molecule has 21 heavy (non-hydrogen) atoms. The van der Waals surface area contributed by atoms with Crippen LogP contribution in [-0.2, 0) is 16.1 Å². The molecule has 0 aromatic heterocycles. The maximum absolute atomic E-state index is 11.6. The van der Waals surface area contributed by atoms with E-state index in [0.717, 1.165) is 5.56 Å². The fourth-order valence-corrected chi connectivity index (χ4v) is 2.35. The molecule has 3 N–H and O–H groups in total. The average Bonchev–Trinajstić information content (AvgIpc) is 2.92. The van der Waals surface area contributed by atoms with Gasteiger partial charge in [0.05, 0.1) is 6.10 Å². The number of benzene rings is 1. The molecule has 1 aromatic carbocycles. The summed E-state index contributed by atoms with van der Waals surface area (Å²) in [5, 5.41) is 14.8. The molecular weight excluding hydrogens is 296 g/mol. The predicted octanol–water partition coefficient (Wildman–Crippen LogP) is 1.77. The Bertz CT molecular complexity index is 523. The number of amides is 2. The van der Waals surface area contributed by atoms with Gasteiger partial charge in [0, 0.05) is 18.1 Å². The molecule has 1 aliphatic rings. The first-order valence-corrected chi connectivity index (χ1v) is 7.07. The van der Waals surface area contributed by atoms with Gasteiger partial charge in [0.2, 0.25) is 0 Å². The summed E-state index contributed by atoms with van der Waals surface area (Å²) in [6, 6.07) is 6.90. The van der Waals surface area contributed by atoms with Crippen LogP contribution in [0.4, 0.5) is 4.79 Å². The second-order valence-electron chi connectivity index (χ2n) is 4.86. The van der Waals surface area contributed by atoms with Gasteiger partial charge in [-0.1, -0.05) is 23.7 Å². The molecule has 7 heteroatoms. The van der Waals surface area contributed by atoms with Crippen molar-refractivity contribution in [1.82, 2.24) is 10.6 Å². The molecule has 0 spiro atoms. The number of nitrogens with one attached hydrogen (secondary N) is 2. The molecule has 1 saturated heterocycles. The molecule has 2 amide bonds. The summed E-state index contributed by atoms with van der Waals surface area (Å²) in [4.78, 5) is 22.4. The third-order valence-electron chi connectivity index (χ3n) is 3.22. The van der Waals surface area contributed by atoms with Gasteiger partial charge in [-0.3, -0.25) is 0 Å². The van der Waals surface area contributed by atoms with E-state index in [0.29, 0.717) is 31.0 Å². The molecule has 1 aliphatic heterocycles. The second-order valence-corrected chi connectivity index (χ2v) is 5.29. The van der Waals surface area contributed by atoms with Gasteiger partial charge in [0.1, 0.15) is 0 Å². The molecule has 0 aliphatic carbocycles. The zero-order chi connectivity index (χ0) is 15.2. The molecule has 0 saturated carbocycles. The Balaban J connectivity index is 1.67. The quantitative estimate of drug-likeness (QED) is 0.773. The molecule has 114 valence electrons. The number of halogens is 1. The van der Waals surface area contributed by atoms with Gasteiger partial charge in [0.25, 0.3) is 0 Å². The van der Waals surface area contributed by atoms with Crippen molar-refractivity contribution in [3.63, 3.8) is 0 Å². The van der Waals surface area contributed by atoms with E-state index in [-0.39, 0.29) is 12.1 Å². The fraction of sp³-hybridized carbons (Fsp3) is 0.429. The molecule has 2 unspecified atom stereocenters. The normalized spacial score (nSPS) is 21.0. The van der Waals surface area contributed by atoms with E-state index in [9.17, 15) is 9.59 Å². The van der Waals surface area contributed by atoms with Crippen LogP contribution in [0.1, 0.15) is 18.4 Å². The highest BCUT2D eigenvalue weighted by Crippen LogP contribution is 2.19. The topological polar surface area (TPSA) is 87.7 Å². The van der Waals surface area contributed by atoms with Crippen LogP contribution in [0, 0.1) is 0 Å². The monoisotopic (exact) mass is 312 g/mol. The van der Waals surface area contributed by atoms with E-state index < -0.39 is 12.1 Å². The van der Waals surface area contributed by atoms with Crippen molar-refractivity contribution >= 4 is 23.6 Å². The summed E-state index contributed by atoms with van der Waals surface area (Å²) in [5.74, 6) is -0.956. The van der Waals surface area contributed by atoms with Crippen molar-refractivity contribution in [2.75, 3.05) is 6.54 Å². The molecule has 1 fully saturated rings. The Morgan fingerprint density at radius 1 is 1.33 bits per heavy atom. The Labute approximate surface area is 127 Å². The minimum atomic E-state index is -0.956. The van der Waals surface area contributed by atoms with E-state index in [4.69, 9.17) is 21.4 Å². The minimum Gasteiger partial charge on any atom is -0.479 e. The molecule has 0 radical (unpaired) electrons. The summed E-state index contributed by atoms with van der Waals surface area (Å²) in [7, 11) is 0. The third kappa shape index (κ3) is 4.91. The van der Waals surface area contributed by atoms with Crippen molar-refractivity contribution in [2.24, 2.45) is 0 Å². The highest BCUT2D eigenvalue weighted by Gasteiger charge is 2.30. The number of carboxylic acids is 1. The lowest BCUT2D eigenvalue weighted by Gasteiger charge is -2.13. The molecule has 1 heterocycles. The number of aliphatic carboxylic acids is 1. The van der Waals surface area contributed by atoms with Gasteiger partial charge < -0.3 is 20.5 Å². The number of carboxylic acid groups (broad SMARTS) is 1. The molecule has 0 bridgehead atoms. The number of rotatable bonds is 5. The summed E-state index contributed by atoms with van der Waals surface area (Å²) in [5.41, 5.74) is 0.903. The zero-order valence-corrected chi connectivity index (χ0v) is 12.1. The van der Waals surface area contributed by atoms with Gasteiger partial charge in [-0.05, 0) is 30.5 Å². The third-order valence-corrected chi connectivity index (χ3v) is 3.45. The van der Waals surface area contributed by atoms with Crippen LogP contribution in [0.5, 0.6) is 0 Å². The maximum atomic E-state index is 11.6. The molecule has 2 atom stereocenters. The number of hydrogen-bond acceptors (Lipinski definition) is 3. The second kappa shape index (κ2) is 7.28. The van der Waals surface area contributed by atoms with Crippen LogP contribution in [-0.4, -0.2) is 35.9 Å². The lowest BCUT2D eigenvalue weighted by Crippen LogP contribution is -2.39. The summed E-state index contributed by atoms with van der Waals surface area (Å²) in [6.07, 6.45) is 0.103. The van der Waals surface area contributed by atoms with Gasteiger partial charge in [-0.2, -0.15) is 0 Å². The van der Waals surface area contributed by atoms with E-state index in [2.05, 4.69) is 10.6 Å². The van der Waals surface area contributed by atoms with E-state index in [1.807, 2.05) is 12.1 Å². The lowest BCUT2D eigenvalue weighted by molar-refractivity contribution is -0.149. The Morgan fingerprint density at radius 3 is 2.81 bits per heavy atom. The Kier molecular flexibility index (Phi) is 5.41.